The van der Waals surface area contributed by atoms with Crippen LogP contribution in [0.2, 0.25) is 0 Å². The molecule has 0 bridgehead atoms. The molecule has 0 saturated carbocycles. The van der Waals surface area contributed by atoms with E-state index in [4.69, 9.17) is 0 Å². The first-order valence-electron chi connectivity index (χ1n) is 4.96. The highest BCUT2D eigenvalue weighted by Crippen LogP contribution is 2.05. The number of halogens is 1. The van der Waals surface area contributed by atoms with Gasteiger partial charge in [-0.05, 0) is 56.6 Å². The SMILES string of the molecule is CC(CCN(C)C)Nc1ncc(I)cn1. The zero-order valence-electron chi connectivity index (χ0n) is 9.37. The third kappa shape index (κ3) is 5.27. The molecule has 0 fully saturated rings. The number of hydrogen-bond acceptors (Lipinski definition) is 4. The highest BCUT2D eigenvalue weighted by molar-refractivity contribution is 14.1. The smallest absolute Gasteiger partial charge is 0.222 e. The van der Waals surface area contributed by atoms with Gasteiger partial charge in [0.2, 0.25) is 5.95 Å². The summed E-state index contributed by atoms with van der Waals surface area (Å²) in [4.78, 5) is 10.6. The molecule has 0 aliphatic carbocycles. The Morgan fingerprint density at radius 3 is 2.53 bits per heavy atom. The summed E-state index contributed by atoms with van der Waals surface area (Å²) in [6.45, 7) is 3.21. The molecule has 4 nitrogen and oxygen atoms in total. The quantitative estimate of drug-likeness (QED) is 0.841. The summed E-state index contributed by atoms with van der Waals surface area (Å²) < 4.78 is 1.05. The molecule has 84 valence electrons. The molecule has 1 unspecified atom stereocenters. The first-order valence-corrected chi connectivity index (χ1v) is 6.04. The van der Waals surface area contributed by atoms with E-state index in [1.165, 1.54) is 0 Å². The normalized spacial score (nSPS) is 12.9. The molecular formula is C10H17IN4. The van der Waals surface area contributed by atoms with E-state index in [2.05, 4.69) is 63.8 Å². The van der Waals surface area contributed by atoms with E-state index in [1.807, 2.05) is 12.4 Å². The van der Waals surface area contributed by atoms with E-state index in [1.54, 1.807) is 0 Å². The molecule has 0 radical (unpaired) electrons. The second kappa shape index (κ2) is 6.22. The summed E-state index contributed by atoms with van der Waals surface area (Å²) in [6.07, 6.45) is 4.71. The zero-order valence-corrected chi connectivity index (χ0v) is 11.5. The molecule has 0 aromatic carbocycles. The van der Waals surface area contributed by atoms with Gasteiger partial charge in [-0.2, -0.15) is 0 Å². The maximum Gasteiger partial charge on any atom is 0.222 e. The highest BCUT2D eigenvalue weighted by atomic mass is 127. The topological polar surface area (TPSA) is 41.0 Å². The van der Waals surface area contributed by atoms with Crippen molar-refractivity contribution in [1.29, 1.82) is 0 Å². The molecule has 5 heteroatoms. The minimum Gasteiger partial charge on any atom is -0.352 e. The van der Waals surface area contributed by atoms with Crippen LogP contribution in [0.1, 0.15) is 13.3 Å². The Morgan fingerprint density at radius 2 is 2.00 bits per heavy atom. The van der Waals surface area contributed by atoms with Crippen molar-refractivity contribution in [2.45, 2.75) is 19.4 Å². The van der Waals surface area contributed by atoms with Crippen LogP contribution in [0.3, 0.4) is 0 Å². The van der Waals surface area contributed by atoms with Crippen LogP contribution in [0.4, 0.5) is 5.95 Å². The van der Waals surface area contributed by atoms with E-state index >= 15 is 0 Å². The van der Waals surface area contributed by atoms with Crippen LogP contribution in [-0.4, -0.2) is 41.5 Å². The van der Waals surface area contributed by atoms with Crippen molar-refractivity contribution in [3.63, 3.8) is 0 Å². The Morgan fingerprint density at radius 1 is 1.40 bits per heavy atom. The maximum atomic E-state index is 4.20. The third-order valence-electron chi connectivity index (χ3n) is 2.01. The van der Waals surface area contributed by atoms with Crippen molar-refractivity contribution in [3.8, 4) is 0 Å². The lowest BCUT2D eigenvalue weighted by Crippen LogP contribution is -2.23. The first kappa shape index (κ1) is 12.6. The molecule has 1 aromatic heterocycles. The molecule has 1 heterocycles. The lowest BCUT2D eigenvalue weighted by atomic mass is 10.2. The van der Waals surface area contributed by atoms with Gasteiger partial charge in [-0.1, -0.05) is 0 Å². The van der Waals surface area contributed by atoms with Crippen molar-refractivity contribution in [2.75, 3.05) is 26.0 Å². The van der Waals surface area contributed by atoms with Crippen LogP contribution >= 0.6 is 22.6 Å². The summed E-state index contributed by atoms with van der Waals surface area (Å²) in [5, 5.41) is 3.27. The molecule has 15 heavy (non-hydrogen) atoms. The Bertz CT molecular complexity index is 286. The van der Waals surface area contributed by atoms with Gasteiger partial charge in [-0.15, -0.1) is 0 Å². The van der Waals surface area contributed by atoms with E-state index < -0.39 is 0 Å². The number of aromatic nitrogens is 2. The second-order valence-corrected chi connectivity index (χ2v) is 5.11. The number of nitrogens with one attached hydrogen (secondary N) is 1. The van der Waals surface area contributed by atoms with Crippen LogP contribution in [0.15, 0.2) is 12.4 Å². The number of hydrogen-bond donors (Lipinski definition) is 1. The van der Waals surface area contributed by atoms with Crippen molar-refractivity contribution >= 4 is 28.5 Å². The van der Waals surface area contributed by atoms with Gasteiger partial charge in [-0.3, -0.25) is 0 Å². The van der Waals surface area contributed by atoms with Crippen molar-refractivity contribution in [2.24, 2.45) is 0 Å². The van der Waals surface area contributed by atoms with Gasteiger partial charge in [0.1, 0.15) is 0 Å². The molecule has 0 spiro atoms. The van der Waals surface area contributed by atoms with Gasteiger partial charge >= 0.3 is 0 Å². The molecule has 0 amide bonds. The first-order chi connectivity index (χ1) is 7.08. The van der Waals surface area contributed by atoms with Crippen LogP contribution in [0.5, 0.6) is 0 Å². The Balaban J connectivity index is 2.37. The number of anilines is 1. The van der Waals surface area contributed by atoms with Gasteiger partial charge in [0.25, 0.3) is 0 Å². The van der Waals surface area contributed by atoms with Gasteiger partial charge in [0.15, 0.2) is 0 Å². The van der Waals surface area contributed by atoms with Crippen molar-refractivity contribution in [3.05, 3.63) is 16.0 Å². The predicted octanol–water partition coefficient (Wildman–Crippen LogP) is 1.83. The maximum absolute atomic E-state index is 4.20. The molecule has 0 aliphatic heterocycles. The van der Waals surface area contributed by atoms with E-state index in [-0.39, 0.29) is 0 Å². The largest absolute Gasteiger partial charge is 0.352 e. The summed E-state index contributed by atoms with van der Waals surface area (Å²) >= 11 is 2.20. The molecule has 1 aromatic rings. The van der Waals surface area contributed by atoms with Crippen molar-refractivity contribution in [1.82, 2.24) is 14.9 Å². The van der Waals surface area contributed by atoms with Gasteiger partial charge in [0, 0.05) is 22.0 Å². The van der Waals surface area contributed by atoms with Crippen LogP contribution in [-0.2, 0) is 0 Å². The van der Waals surface area contributed by atoms with Crippen LogP contribution < -0.4 is 5.32 Å². The van der Waals surface area contributed by atoms with Gasteiger partial charge in [-0.25, -0.2) is 9.97 Å². The molecule has 1 N–H and O–H groups in total. The highest BCUT2D eigenvalue weighted by Gasteiger charge is 2.04. The standard InChI is InChI=1S/C10H17IN4/c1-8(4-5-15(2)3)14-10-12-6-9(11)7-13-10/h6-8H,4-5H2,1-3H3,(H,12,13,14). The predicted molar refractivity (Wildman–Crippen MR) is 71.0 cm³/mol. The molecule has 0 saturated heterocycles. The fourth-order valence-electron chi connectivity index (χ4n) is 1.13. The minimum atomic E-state index is 0.396. The number of rotatable bonds is 5. The minimum absolute atomic E-state index is 0.396. The summed E-state index contributed by atoms with van der Waals surface area (Å²) in [5.41, 5.74) is 0. The average molecular weight is 320 g/mol. The average Bonchev–Trinajstić information content (AvgIpc) is 2.19. The fourth-order valence-corrected chi connectivity index (χ4v) is 1.41. The van der Waals surface area contributed by atoms with Gasteiger partial charge in [0.05, 0.1) is 0 Å². The third-order valence-corrected chi connectivity index (χ3v) is 2.56. The summed E-state index contributed by atoms with van der Waals surface area (Å²) in [7, 11) is 4.15. The van der Waals surface area contributed by atoms with E-state index in [9.17, 15) is 0 Å². The Kier molecular flexibility index (Phi) is 5.24. The van der Waals surface area contributed by atoms with Crippen LogP contribution in [0.25, 0.3) is 0 Å². The summed E-state index contributed by atoms with van der Waals surface area (Å²) in [6, 6.07) is 0.396. The summed E-state index contributed by atoms with van der Waals surface area (Å²) in [5.74, 6) is 0.710. The van der Waals surface area contributed by atoms with E-state index in [0.717, 1.165) is 16.5 Å². The molecule has 1 rings (SSSR count). The Labute approximate surface area is 105 Å². The molecule has 0 aliphatic rings. The lowest BCUT2D eigenvalue weighted by Gasteiger charge is -2.16. The zero-order chi connectivity index (χ0) is 11.3. The molecule has 1 atom stereocenters. The van der Waals surface area contributed by atoms with E-state index in [0.29, 0.717) is 12.0 Å². The fraction of sp³-hybridized carbons (Fsp3) is 0.600. The monoisotopic (exact) mass is 320 g/mol. The Hall–Kier alpha value is -0.430. The van der Waals surface area contributed by atoms with Gasteiger partial charge < -0.3 is 10.2 Å². The van der Waals surface area contributed by atoms with Crippen LogP contribution in [0, 0.1) is 3.57 Å². The number of nitrogens with zero attached hydrogens (tertiary/aromatic N) is 3. The lowest BCUT2D eigenvalue weighted by molar-refractivity contribution is 0.390. The second-order valence-electron chi connectivity index (χ2n) is 3.86. The molecular weight excluding hydrogens is 303 g/mol. The van der Waals surface area contributed by atoms with Crippen molar-refractivity contribution < 1.29 is 0 Å².